The van der Waals surface area contributed by atoms with Crippen LogP contribution >= 0.6 is 0 Å². The number of carbonyl (C=O) groups is 2. The second kappa shape index (κ2) is 7.32. The summed E-state index contributed by atoms with van der Waals surface area (Å²) in [6, 6.07) is 13.9. The smallest absolute Gasteiger partial charge is 0.226 e. The first-order valence-corrected chi connectivity index (χ1v) is 9.99. The Morgan fingerprint density at radius 2 is 1.97 bits per heavy atom. The molecule has 0 radical (unpaired) electrons. The highest BCUT2D eigenvalue weighted by molar-refractivity contribution is 6.08. The number of nitrogens with one attached hydrogen (secondary N) is 1. The van der Waals surface area contributed by atoms with Crippen molar-refractivity contribution in [3.8, 4) is 5.69 Å². The maximum Gasteiger partial charge on any atom is 0.226 e. The highest BCUT2D eigenvalue weighted by Crippen LogP contribution is 2.38. The quantitative estimate of drug-likeness (QED) is 0.662. The topological polar surface area (TPSA) is 64.0 Å². The van der Waals surface area contributed by atoms with Crippen LogP contribution in [0.15, 0.2) is 42.5 Å². The van der Waals surface area contributed by atoms with Gasteiger partial charge in [0, 0.05) is 17.5 Å². The maximum absolute atomic E-state index is 13.4. The molecule has 148 valence electrons. The second-order valence-corrected chi connectivity index (χ2v) is 7.77. The highest BCUT2D eigenvalue weighted by Gasteiger charge is 2.36. The van der Waals surface area contributed by atoms with Crippen molar-refractivity contribution < 1.29 is 9.59 Å². The first kappa shape index (κ1) is 19.1. The van der Waals surface area contributed by atoms with Crippen molar-refractivity contribution in [2.75, 3.05) is 5.32 Å². The molecule has 5 nitrogen and oxygen atoms in total. The molecule has 1 aliphatic rings. The number of aryl methyl sites for hydroxylation is 4. The lowest BCUT2D eigenvalue weighted by atomic mass is 9.84. The molecule has 1 aromatic heterocycles. The van der Waals surface area contributed by atoms with Crippen molar-refractivity contribution in [1.82, 2.24) is 9.78 Å². The number of nitrogens with zero attached hydrogens (tertiary/aromatic N) is 2. The molecule has 2 heterocycles. The van der Waals surface area contributed by atoms with E-state index in [0.717, 1.165) is 34.5 Å². The van der Waals surface area contributed by atoms with Gasteiger partial charge in [0.15, 0.2) is 5.78 Å². The van der Waals surface area contributed by atoms with E-state index in [2.05, 4.69) is 29.5 Å². The van der Waals surface area contributed by atoms with E-state index in [4.69, 9.17) is 0 Å². The van der Waals surface area contributed by atoms with E-state index in [1.165, 1.54) is 5.56 Å². The van der Waals surface area contributed by atoms with Crippen LogP contribution in [0.2, 0.25) is 0 Å². The van der Waals surface area contributed by atoms with E-state index in [9.17, 15) is 9.59 Å². The summed E-state index contributed by atoms with van der Waals surface area (Å²) in [6.07, 6.45) is 1.05. The summed E-state index contributed by atoms with van der Waals surface area (Å²) in [5.41, 5.74) is 6.37. The van der Waals surface area contributed by atoms with Gasteiger partial charge in [0.1, 0.15) is 5.82 Å². The SMILES string of the molecule is CCc1cccc(-n2nc(C)c3c2NC(=O)CC3C(=O)c2ccc(C)cc2C)c1. The van der Waals surface area contributed by atoms with Gasteiger partial charge in [-0.25, -0.2) is 4.68 Å². The number of anilines is 1. The van der Waals surface area contributed by atoms with E-state index in [1.807, 2.05) is 51.1 Å². The predicted molar refractivity (Wildman–Crippen MR) is 114 cm³/mol. The van der Waals surface area contributed by atoms with Gasteiger partial charge in [0.05, 0.1) is 17.3 Å². The maximum atomic E-state index is 13.4. The molecule has 0 fully saturated rings. The van der Waals surface area contributed by atoms with Crippen LogP contribution in [0.3, 0.4) is 0 Å². The largest absolute Gasteiger partial charge is 0.310 e. The number of hydrogen-bond donors (Lipinski definition) is 1. The zero-order valence-corrected chi connectivity index (χ0v) is 17.2. The summed E-state index contributed by atoms with van der Waals surface area (Å²) in [5, 5.41) is 7.64. The Bertz CT molecular complexity index is 1130. The molecule has 2 aromatic carbocycles. The summed E-state index contributed by atoms with van der Waals surface area (Å²) in [4.78, 5) is 25.9. The van der Waals surface area contributed by atoms with Gasteiger partial charge >= 0.3 is 0 Å². The third kappa shape index (κ3) is 3.37. The van der Waals surface area contributed by atoms with Crippen LogP contribution in [-0.2, 0) is 11.2 Å². The van der Waals surface area contributed by atoms with Crippen molar-refractivity contribution in [3.63, 3.8) is 0 Å². The number of carbonyl (C=O) groups excluding carboxylic acids is 2. The van der Waals surface area contributed by atoms with Crippen molar-refractivity contribution in [2.24, 2.45) is 0 Å². The highest BCUT2D eigenvalue weighted by atomic mass is 16.2. The fraction of sp³-hybridized carbons (Fsp3) is 0.292. The first-order valence-electron chi connectivity index (χ1n) is 9.99. The molecule has 3 aromatic rings. The third-order valence-electron chi connectivity index (χ3n) is 5.63. The van der Waals surface area contributed by atoms with Crippen LogP contribution in [0, 0.1) is 20.8 Å². The molecule has 0 spiro atoms. The Hall–Kier alpha value is -3.21. The number of amides is 1. The number of fused-ring (bicyclic) bond motifs is 1. The van der Waals surface area contributed by atoms with Crippen molar-refractivity contribution >= 4 is 17.5 Å². The van der Waals surface area contributed by atoms with E-state index < -0.39 is 5.92 Å². The summed E-state index contributed by atoms with van der Waals surface area (Å²) >= 11 is 0. The average Bonchev–Trinajstić information content (AvgIpc) is 3.03. The van der Waals surface area contributed by atoms with E-state index in [0.29, 0.717) is 11.4 Å². The molecule has 5 heteroatoms. The second-order valence-electron chi connectivity index (χ2n) is 7.77. The van der Waals surface area contributed by atoms with Gasteiger partial charge in [0.25, 0.3) is 0 Å². The van der Waals surface area contributed by atoms with E-state index >= 15 is 0 Å². The lowest BCUT2D eigenvalue weighted by Crippen LogP contribution is -2.28. The minimum absolute atomic E-state index is 0.0245. The molecule has 0 bridgehead atoms. The lowest BCUT2D eigenvalue weighted by Gasteiger charge is -2.24. The van der Waals surface area contributed by atoms with E-state index in [-0.39, 0.29) is 18.1 Å². The Balaban J connectivity index is 1.82. The Morgan fingerprint density at radius 1 is 1.17 bits per heavy atom. The third-order valence-corrected chi connectivity index (χ3v) is 5.63. The molecule has 29 heavy (non-hydrogen) atoms. The molecule has 0 saturated heterocycles. The molecule has 1 unspecified atom stereocenters. The zero-order chi connectivity index (χ0) is 20.7. The van der Waals surface area contributed by atoms with Crippen LogP contribution in [0.4, 0.5) is 5.82 Å². The Kier molecular flexibility index (Phi) is 4.82. The molecule has 0 aliphatic carbocycles. The lowest BCUT2D eigenvalue weighted by molar-refractivity contribution is -0.116. The van der Waals surface area contributed by atoms with Gasteiger partial charge in [-0.3, -0.25) is 9.59 Å². The van der Waals surface area contributed by atoms with Gasteiger partial charge in [-0.05, 0) is 50.5 Å². The predicted octanol–water partition coefficient (Wildman–Crippen LogP) is 4.67. The number of ketones is 1. The van der Waals surface area contributed by atoms with Crippen LogP contribution < -0.4 is 5.32 Å². The summed E-state index contributed by atoms with van der Waals surface area (Å²) in [6.45, 7) is 7.95. The first-order chi connectivity index (χ1) is 13.9. The number of aromatic nitrogens is 2. The molecule has 1 atom stereocenters. The summed E-state index contributed by atoms with van der Waals surface area (Å²) in [5.74, 6) is -0.102. The normalized spacial score (nSPS) is 15.7. The van der Waals surface area contributed by atoms with Crippen molar-refractivity contribution in [1.29, 1.82) is 0 Å². The van der Waals surface area contributed by atoms with Crippen LogP contribution in [0.25, 0.3) is 5.69 Å². The average molecular weight is 387 g/mol. The molecule has 1 aliphatic heterocycles. The molecule has 4 rings (SSSR count). The van der Waals surface area contributed by atoms with Crippen LogP contribution in [0.5, 0.6) is 0 Å². The number of Topliss-reactive ketones (excluding diaryl/α,β-unsaturated/α-hetero) is 1. The fourth-order valence-electron chi connectivity index (χ4n) is 4.14. The van der Waals surface area contributed by atoms with Gasteiger partial charge in [-0.15, -0.1) is 0 Å². The van der Waals surface area contributed by atoms with Crippen molar-refractivity contribution in [3.05, 3.63) is 76.0 Å². The molecule has 1 amide bonds. The number of hydrogen-bond acceptors (Lipinski definition) is 3. The Morgan fingerprint density at radius 3 is 2.69 bits per heavy atom. The summed E-state index contributed by atoms with van der Waals surface area (Å²) in [7, 11) is 0. The Labute approximate surface area is 170 Å². The monoisotopic (exact) mass is 387 g/mol. The minimum atomic E-state index is -0.525. The van der Waals surface area contributed by atoms with Crippen LogP contribution in [-0.4, -0.2) is 21.5 Å². The number of benzene rings is 2. The minimum Gasteiger partial charge on any atom is -0.310 e. The molecule has 0 saturated carbocycles. The summed E-state index contributed by atoms with van der Waals surface area (Å²) < 4.78 is 1.75. The van der Waals surface area contributed by atoms with Crippen molar-refractivity contribution in [2.45, 2.75) is 46.5 Å². The van der Waals surface area contributed by atoms with E-state index in [1.54, 1.807) is 4.68 Å². The van der Waals surface area contributed by atoms with Crippen LogP contribution in [0.1, 0.15) is 57.6 Å². The number of rotatable bonds is 4. The van der Waals surface area contributed by atoms with Gasteiger partial charge in [0.2, 0.25) is 5.91 Å². The van der Waals surface area contributed by atoms with Gasteiger partial charge in [-0.2, -0.15) is 5.10 Å². The standard InChI is InChI=1S/C24H25N3O2/c1-5-17-7-6-8-18(12-17)27-24-22(16(4)26-27)20(13-21(28)25-24)23(29)19-10-9-14(2)11-15(19)3/h6-12,20H,5,13H2,1-4H3,(H,25,28). The molecular weight excluding hydrogens is 362 g/mol. The molecular formula is C24H25N3O2. The zero-order valence-electron chi connectivity index (χ0n) is 17.2. The van der Waals surface area contributed by atoms with Gasteiger partial charge in [-0.1, -0.05) is 42.8 Å². The molecule has 1 N–H and O–H groups in total. The fourth-order valence-corrected chi connectivity index (χ4v) is 4.14. The van der Waals surface area contributed by atoms with Gasteiger partial charge < -0.3 is 5.32 Å².